The molecule has 1 aliphatic heterocycles. The largest absolute Gasteiger partial charge is 0.463 e. The van der Waals surface area contributed by atoms with E-state index in [1.807, 2.05) is 45.0 Å². The molecule has 1 aromatic carbocycles. The molecule has 1 N–H and O–H groups in total. The van der Waals surface area contributed by atoms with Crippen LogP contribution in [-0.4, -0.2) is 39.5 Å². The number of nitrogens with zero attached hydrogens (tertiary/aromatic N) is 4. The van der Waals surface area contributed by atoms with E-state index in [0.29, 0.717) is 24.5 Å². The van der Waals surface area contributed by atoms with Crippen LogP contribution in [0.25, 0.3) is 0 Å². The quantitative estimate of drug-likeness (QED) is 0.643. The van der Waals surface area contributed by atoms with E-state index in [2.05, 4.69) is 15.5 Å². The van der Waals surface area contributed by atoms with Gasteiger partial charge in [-0.1, -0.05) is 12.1 Å². The van der Waals surface area contributed by atoms with E-state index in [9.17, 15) is 0 Å². The fraction of sp³-hybridized carbons (Fsp3) is 0.500. The molecule has 0 amide bonds. The first kappa shape index (κ1) is 20.7. The third kappa shape index (κ3) is 4.44. The van der Waals surface area contributed by atoms with Crippen molar-refractivity contribution in [3.63, 3.8) is 0 Å². The fourth-order valence-electron chi connectivity index (χ4n) is 4.13. The summed E-state index contributed by atoms with van der Waals surface area (Å²) in [5, 5.41) is 12.6. The molecular formula is C22H29FN5O2+. The lowest BCUT2D eigenvalue weighted by Gasteiger charge is -2.31. The highest BCUT2D eigenvalue weighted by atomic mass is 19.1. The number of hydrogen-bond donors (Lipinski definition) is 1. The molecule has 0 bridgehead atoms. The number of hydrogen-bond acceptors (Lipinski definition) is 5. The molecule has 160 valence electrons. The Balaban J connectivity index is 1.81. The van der Waals surface area contributed by atoms with Crippen molar-refractivity contribution in [2.24, 2.45) is 0 Å². The van der Waals surface area contributed by atoms with Gasteiger partial charge in [0.15, 0.2) is 11.8 Å². The molecule has 1 saturated heterocycles. The van der Waals surface area contributed by atoms with Crippen molar-refractivity contribution < 1.29 is 18.4 Å². The number of furan rings is 1. The lowest BCUT2D eigenvalue weighted by molar-refractivity contribution is -0.943. The Labute approximate surface area is 175 Å². The lowest BCUT2D eigenvalue weighted by atomic mass is 10.0. The maximum absolute atomic E-state index is 15.1. The first-order valence-corrected chi connectivity index (χ1v) is 10.4. The van der Waals surface area contributed by atoms with Gasteiger partial charge in [-0.05, 0) is 68.3 Å². The van der Waals surface area contributed by atoms with Crippen LogP contribution in [0.5, 0.6) is 0 Å². The van der Waals surface area contributed by atoms with Gasteiger partial charge in [0.05, 0.1) is 17.4 Å². The van der Waals surface area contributed by atoms with Crippen LogP contribution in [0.2, 0.25) is 0 Å². The zero-order valence-electron chi connectivity index (χ0n) is 17.7. The summed E-state index contributed by atoms with van der Waals surface area (Å²) in [5.41, 5.74) is 0.222. The highest BCUT2D eigenvalue weighted by molar-refractivity contribution is 5.24. The third-order valence-corrected chi connectivity index (χ3v) is 5.51. The second kappa shape index (κ2) is 8.65. The van der Waals surface area contributed by atoms with Crippen molar-refractivity contribution in [1.29, 1.82) is 0 Å². The molecule has 1 unspecified atom stereocenters. The number of rotatable bonds is 7. The van der Waals surface area contributed by atoms with E-state index in [1.54, 1.807) is 17.0 Å². The van der Waals surface area contributed by atoms with E-state index in [0.717, 1.165) is 30.1 Å². The van der Waals surface area contributed by atoms with Crippen LogP contribution in [0.4, 0.5) is 4.39 Å². The zero-order valence-corrected chi connectivity index (χ0v) is 17.7. The normalized spacial score (nSPS) is 19.1. The SMILES string of the molecule is CC(C)(C)n1nnnc1[C@H](c1ccccc1F)[NH+](Cc1ccco1)C[C@@H]1CCCO1. The summed E-state index contributed by atoms with van der Waals surface area (Å²) >= 11 is 0. The lowest BCUT2D eigenvalue weighted by Crippen LogP contribution is -3.12. The van der Waals surface area contributed by atoms with Crippen LogP contribution in [0, 0.1) is 5.82 Å². The minimum absolute atomic E-state index is 0.114. The number of halogens is 1. The van der Waals surface area contributed by atoms with Gasteiger partial charge in [0, 0.05) is 6.61 Å². The van der Waals surface area contributed by atoms with Crippen LogP contribution < -0.4 is 4.90 Å². The summed E-state index contributed by atoms with van der Waals surface area (Å²) in [5.74, 6) is 1.20. The zero-order chi connectivity index (χ0) is 21.1. The maximum Gasteiger partial charge on any atom is 0.214 e. The van der Waals surface area contributed by atoms with Crippen molar-refractivity contribution in [3.8, 4) is 0 Å². The van der Waals surface area contributed by atoms with Gasteiger partial charge < -0.3 is 14.1 Å². The number of nitrogens with one attached hydrogen (secondary N) is 1. The number of benzene rings is 1. The molecule has 0 saturated carbocycles. The first-order valence-electron chi connectivity index (χ1n) is 10.4. The average Bonchev–Trinajstić information content (AvgIpc) is 3.45. The Hall–Kier alpha value is -2.58. The van der Waals surface area contributed by atoms with Crippen molar-refractivity contribution in [3.05, 3.63) is 65.6 Å². The van der Waals surface area contributed by atoms with Gasteiger partial charge in [-0.15, -0.1) is 5.10 Å². The molecular weight excluding hydrogens is 385 g/mol. The third-order valence-electron chi connectivity index (χ3n) is 5.51. The number of ether oxygens (including phenoxy) is 1. The summed E-state index contributed by atoms with van der Waals surface area (Å²) in [7, 11) is 0. The highest BCUT2D eigenvalue weighted by Crippen LogP contribution is 2.25. The van der Waals surface area contributed by atoms with Gasteiger partial charge in [0.25, 0.3) is 0 Å². The van der Waals surface area contributed by atoms with Crippen LogP contribution in [-0.2, 0) is 16.8 Å². The number of quaternary nitrogens is 1. The summed E-state index contributed by atoms with van der Waals surface area (Å²) in [6.45, 7) is 8.16. The summed E-state index contributed by atoms with van der Waals surface area (Å²) in [4.78, 5) is 1.09. The van der Waals surface area contributed by atoms with Gasteiger partial charge in [-0.25, -0.2) is 9.07 Å². The molecule has 4 rings (SSSR count). The molecule has 8 heteroatoms. The molecule has 2 aromatic heterocycles. The van der Waals surface area contributed by atoms with E-state index in [1.165, 1.54) is 6.07 Å². The van der Waals surface area contributed by atoms with E-state index >= 15 is 4.39 Å². The Bertz CT molecular complexity index is 945. The molecule has 0 spiro atoms. The fourth-order valence-corrected chi connectivity index (χ4v) is 4.13. The van der Waals surface area contributed by atoms with Gasteiger partial charge in [0.1, 0.15) is 25.0 Å². The minimum Gasteiger partial charge on any atom is -0.463 e. The standard InChI is InChI=1S/C22H28FN5O2/c1-22(2,3)28-21(24-25-26-28)20(18-10-4-5-11-19(18)23)27(14-16-8-6-12-29-16)15-17-9-7-13-30-17/h4-6,8,10-12,17,20H,7,9,13-15H2,1-3H3/p+1/t17-,20-/m0/s1. The van der Waals surface area contributed by atoms with Crippen molar-refractivity contribution >= 4 is 0 Å². The molecule has 1 fully saturated rings. The summed E-state index contributed by atoms with van der Waals surface area (Å²) in [6, 6.07) is 10.3. The monoisotopic (exact) mass is 414 g/mol. The van der Waals surface area contributed by atoms with Crippen LogP contribution in [0.3, 0.4) is 0 Å². The smallest absolute Gasteiger partial charge is 0.214 e. The number of aromatic nitrogens is 4. The Morgan fingerprint density at radius 3 is 2.73 bits per heavy atom. The van der Waals surface area contributed by atoms with E-state index in [4.69, 9.17) is 9.15 Å². The highest BCUT2D eigenvalue weighted by Gasteiger charge is 2.38. The second-order valence-corrected chi connectivity index (χ2v) is 8.83. The van der Waals surface area contributed by atoms with Crippen LogP contribution in [0.1, 0.15) is 56.8 Å². The van der Waals surface area contributed by atoms with Gasteiger partial charge in [0.2, 0.25) is 5.82 Å². The van der Waals surface area contributed by atoms with Gasteiger partial charge in [-0.3, -0.25) is 0 Å². The van der Waals surface area contributed by atoms with Crippen molar-refractivity contribution in [1.82, 2.24) is 20.2 Å². The Morgan fingerprint density at radius 1 is 1.23 bits per heavy atom. The molecule has 1 aliphatic rings. The molecule has 0 radical (unpaired) electrons. The molecule has 3 heterocycles. The molecule has 7 nitrogen and oxygen atoms in total. The van der Waals surface area contributed by atoms with E-state index < -0.39 is 6.04 Å². The predicted octanol–water partition coefficient (Wildman–Crippen LogP) is 2.51. The molecule has 0 aliphatic carbocycles. The minimum atomic E-state index is -0.408. The molecule has 30 heavy (non-hydrogen) atoms. The predicted molar refractivity (Wildman–Crippen MR) is 108 cm³/mol. The van der Waals surface area contributed by atoms with E-state index in [-0.39, 0.29) is 17.5 Å². The van der Waals surface area contributed by atoms with Crippen molar-refractivity contribution in [2.75, 3.05) is 13.2 Å². The summed E-state index contributed by atoms with van der Waals surface area (Å²) in [6.07, 6.45) is 3.82. The first-order chi connectivity index (χ1) is 14.4. The summed E-state index contributed by atoms with van der Waals surface area (Å²) < 4.78 is 28.4. The number of tetrazole rings is 1. The average molecular weight is 415 g/mol. The topological polar surface area (TPSA) is 70.4 Å². The van der Waals surface area contributed by atoms with Crippen molar-refractivity contribution in [2.45, 2.75) is 57.8 Å². The Morgan fingerprint density at radius 2 is 2.07 bits per heavy atom. The van der Waals surface area contributed by atoms with Crippen LogP contribution >= 0.6 is 0 Å². The maximum atomic E-state index is 15.1. The van der Waals surface area contributed by atoms with Crippen LogP contribution in [0.15, 0.2) is 47.1 Å². The second-order valence-electron chi connectivity index (χ2n) is 8.83. The molecule has 3 atom stereocenters. The van der Waals surface area contributed by atoms with Gasteiger partial charge >= 0.3 is 0 Å². The Kier molecular flexibility index (Phi) is 5.97. The molecule has 3 aromatic rings. The van der Waals surface area contributed by atoms with Gasteiger partial charge in [-0.2, -0.15) is 0 Å².